The van der Waals surface area contributed by atoms with Crippen LogP contribution in [0.4, 0.5) is 0 Å². The van der Waals surface area contributed by atoms with E-state index < -0.39 is 0 Å². The van der Waals surface area contributed by atoms with Crippen LogP contribution in [0.5, 0.6) is 0 Å². The van der Waals surface area contributed by atoms with Crippen molar-refractivity contribution in [3.63, 3.8) is 0 Å². The molecule has 4 heteroatoms. The number of hydrogen-bond donors (Lipinski definition) is 0. The standard InChI is InChI=1S/C17H20N2OS/c1-13-5-4-10-19(11-13)17(20)12-21-16-9-8-14-6-2-3-7-15(14)18-16/h2-3,6-9,13H,4-5,10-12H2,1H3. The van der Waals surface area contributed by atoms with Crippen LogP contribution in [0.1, 0.15) is 19.8 Å². The predicted octanol–water partition coefficient (Wildman–Crippen LogP) is 3.59. The number of benzene rings is 1. The van der Waals surface area contributed by atoms with Gasteiger partial charge in [-0.05, 0) is 30.9 Å². The summed E-state index contributed by atoms with van der Waals surface area (Å²) in [6, 6.07) is 12.1. The molecule has 0 saturated carbocycles. The van der Waals surface area contributed by atoms with E-state index >= 15 is 0 Å². The fraction of sp³-hybridized carbons (Fsp3) is 0.412. The van der Waals surface area contributed by atoms with E-state index in [9.17, 15) is 4.79 Å². The third-order valence-corrected chi connectivity index (χ3v) is 4.84. The van der Waals surface area contributed by atoms with Crippen molar-refractivity contribution in [2.24, 2.45) is 5.92 Å². The second-order valence-electron chi connectivity index (χ2n) is 5.72. The minimum atomic E-state index is 0.238. The maximum Gasteiger partial charge on any atom is 0.232 e. The van der Waals surface area contributed by atoms with Gasteiger partial charge in [0, 0.05) is 18.5 Å². The van der Waals surface area contributed by atoms with E-state index in [-0.39, 0.29) is 5.91 Å². The number of likely N-dealkylation sites (tertiary alicyclic amines) is 1. The van der Waals surface area contributed by atoms with Crippen molar-refractivity contribution in [1.82, 2.24) is 9.88 Å². The van der Waals surface area contributed by atoms with Crippen molar-refractivity contribution in [2.45, 2.75) is 24.8 Å². The Labute approximate surface area is 129 Å². The van der Waals surface area contributed by atoms with Gasteiger partial charge in [-0.2, -0.15) is 0 Å². The Morgan fingerprint density at radius 2 is 2.19 bits per heavy atom. The molecule has 110 valence electrons. The lowest BCUT2D eigenvalue weighted by molar-refractivity contribution is -0.130. The molecule has 1 saturated heterocycles. The summed E-state index contributed by atoms with van der Waals surface area (Å²) < 4.78 is 0. The maximum absolute atomic E-state index is 12.3. The highest BCUT2D eigenvalue weighted by molar-refractivity contribution is 7.99. The number of fused-ring (bicyclic) bond motifs is 1. The van der Waals surface area contributed by atoms with Gasteiger partial charge in [0.05, 0.1) is 16.3 Å². The number of rotatable bonds is 3. The minimum Gasteiger partial charge on any atom is -0.342 e. The van der Waals surface area contributed by atoms with Gasteiger partial charge in [-0.25, -0.2) is 4.98 Å². The Balaban J connectivity index is 1.61. The minimum absolute atomic E-state index is 0.238. The van der Waals surface area contributed by atoms with E-state index in [2.05, 4.69) is 24.0 Å². The number of carbonyl (C=O) groups is 1. The predicted molar refractivity (Wildman–Crippen MR) is 87.4 cm³/mol. The average Bonchev–Trinajstić information content (AvgIpc) is 2.52. The van der Waals surface area contributed by atoms with E-state index in [1.54, 1.807) is 0 Å². The zero-order valence-electron chi connectivity index (χ0n) is 12.3. The van der Waals surface area contributed by atoms with Gasteiger partial charge >= 0.3 is 0 Å². The topological polar surface area (TPSA) is 33.2 Å². The summed E-state index contributed by atoms with van der Waals surface area (Å²) in [5.74, 6) is 1.35. The van der Waals surface area contributed by atoms with Crippen LogP contribution in [0.2, 0.25) is 0 Å². The summed E-state index contributed by atoms with van der Waals surface area (Å²) in [5.41, 5.74) is 0.988. The van der Waals surface area contributed by atoms with Gasteiger partial charge in [-0.1, -0.05) is 43.0 Å². The van der Waals surface area contributed by atoms with Crippen LogP contribution in [0.3, 0.4) is 0 Å². The molecule has 2 heterocycles. The molecular formula is C17H20N2OS. The molecule has 1 fully saturated rings. The fourth-order valence-electron chi connectivity index (χ4n) is 2.77. The molecule has 0 N–H and O–H groups in total. The smallest absolute Gasteiger partial charge is 0.232 e. The highest BCUT2D eigenvalue weighted by atomic mass is 32.2. The van der Waals surface area contributed by atoms with E-state index in [1.165, 1.54) is 18.2 Å². The van der Waals surface area contributed by atoms with E-state index in [4.69, 9.17) is 0 Å². The highest BCUT2D eigenvalue weighted by Gasteiger charge is 2.20. The molecule has 0 bridgehead atoms. The molecule has 1 amide bonds. The third kappa shape index (κ3) is 3.56. The molecule has 1 aliphatic rings. The Hall–Kier alpha value is -1.55. The summed E-state index contributed by atoms with van der Waals surface area (Å²) in [6.45, 7) is 4.04. The number of thioether (sulfide) groups is 1. The number of amides is 1. The number of nitrogens with zero attached hydrogens (tertiary/aromatic N) is 2. The average molecular weight is 300 g/mol. The van der Waals surface area contributed by atoms with Crippen LogP contribution in [0, 0.1) is 5.92 Å². The largest absolute Gasteiger partial charge is 0.342 e. The first-order valence-electron chi connectivity index (χ1n) is 7.49. The Kier molecular flexibility index (Phi) is 4.44. The highest BCUT2D eigenvalue weighted by Crippen LogP contribution is 2.22. The number of hydrogen-bond acceptors (Lipinski definition) is 3. The third-order valence-electron chi connectivity index (χ3n) is 3.93. The molecule has 1 atom stereocenters. The molecule has 3 rings (SSSR count). The van der Waals surface area contributed by atoms with Crippen molar-refractivity contribution in [1.29, 1.82) is 0 Å². The summed E-state index contributed by atoms with van der Waals surface area (Å²) >= 11 is 1.54. The SMILES string of the molecule is CC1CCCN(C(=O)CSc2ccc3ccccc3n2)C1. The molecule has 0 spiro atoms. The molecule has 1 aromatic heterocycles. The lowest BCUT2D eigenvalue weighted by Crippen LogP contribution is -2.40. The van der Waals surface area contributed by atoms with Gasteiger partial charge < -0.3 is 4.90 Å². The van der Waals surface area contributed by atoms with Crippen molar-refractivity contribution in [3.8, 4) is 0 Å². The molecule has 0 radical (unpaired) electrons. The second kappa shape index (κ2) is 6.48. The molecular weight excluding hydrogens is 280 g/mol. The monoisotopic (exact) mass is 300 g/mol. The number of carbonyl (C=O) groups excluding carboxylic acids is 1. The summed E-state index contributed by atoms with van der Waals surface area (Å²) in [7, 11) is 0. The Morgan fingerprint density at radius 1 is 1.33 bits per heavy atom. The van der Waals surface area contributed by atoms with Gasteiger partial charge in [0.15, 0.2) is 0 Å². The lowest BCUT2D eigenvalue weighted by Gasteiger charge is -2.30. The zero-order chi connectivity index (χ0) is 14.7. The Bertz CT molecular complexity index is 643. The normalized spacial score (nSPS) is 18.9. The number of piperidine rings is 1. The van der Waals surface area contributed by atoms with Crippen molar-refractivity contribution in [3.05, 3.63) is 36.4 Å². The fourth-order valence-corrected chi connectivity index (χ4v) is 3.55. The molecule has 1 aromatic carbocycles. The lowest BCUT2D eigenvalue weighted by atomic mass is 10.0. The summed E-state index contributed by atoms with van der Waals surface area (Å²) in [4.78, 5) is 18.9. The van der Waals surface area contributed by atoms with Crippen LogP contribution < -0.4 is 0 Å². The molecule has 21 heavy (non-hydrogen) atoms. The molecule has 0 aliphatic carbocycles. The van der Waals surface area contributed by atoms with Crippen molar-refractivity contribution >= 4 is 28.6 Å². The first kappa shape index (κ1) is 14.4. The van der Waals surface area contributed by atoms with Gasteiger partial charge in [-0.15, -0.1) is 0 Å². The van der Waals surface area contributed by atoms with Crippen LogP contribution >= 0.6 is 11.8 Å². The van der Waals surface area contributed by atoms with Gasteiger partial charge in [0.1, 0.15) is 0 Å². The van der Waals surface area contributed by atoms with Crippen LogP contribution in [-0.4, -0.2) is 34.6 Å². The second-order valence-corrected chi connectivity index (χ2v) is 6.71. The van der Waals surface area contributed by atoms with Gasteiger partial charge in [-0.3, -0.25) is 4.79 Å². The molecule has 1 aliphatic heterocycles. The first-order chi connectivity index (χ1) is 10.2. The van der Waals surface area contributed by atoms with Gasteiger partial charge in [0.2, 0.25) is 5.91 Å². The molecule has 1 unspecified atom stereocenters. The zero-order valence-corrected chi connectivity index (χ0v) is 13.1. The van der Waals surface area contributed by atoms with Crippen molar-refractivity contribution in [2.75, 3.05) is 18.8 Å². The van der Waals surface area contributed by atoms with Crippen LogP contribution in [0.25, 0.3) is 10.9 Å². The van der Waals surface area contributed by atoms with E-state index in [0.29, 0.717) is 11.7 Å². The van der Waals surface area contributed by atoms with Crippen LogP contribution in [0.15, 0.2) is 41.4 Å². The van der Waals surface area contributed by atoms with E-state index in [1.807, 2.05) is 29.2 Å². The van der Waals surface area contributed by atoms with Crippen molar-refractivity contribution < 1.29 is 4.79 Å². The quantitative estimate of drug-likeness (QED) is 0.812. The maximum atomic E-state index is 12.3. The summed E-state index contributed by atoms with van der Waals surface area (Å²) in [6.07, 6.45) is 2.37. The Morgan fingerprint density at radius 3 is 3.05 bits per heavy atom. The molecule has 2 aromatic rings. The van der Waals surface area contributed by atoms with Gasteiger partial charge in [0.25, 0.3) is 0 Å². The number of aromatic nitrogens is 1. The van der Waals surface area contributed by atoms with Crippen LogP contribution in [-0.2, 0) is 4.79 Å². The van der Waals surface area contributed by atoms with E-state index in [0.717, 1.165) is 35.4 Å². The molecule has 3 nitrogen and oxygen atoms in total. The number of para-hydroxylation sites is 1. The summed E-state index contributed by atoms with van der Waals surface area (Å²) in [5, 5.41) is 2.06. The first-order valence-corrected chi connectivity index (χ1v) is 8.47. The number of pyridine rings is 1.